The summed E-state index contributed by atoms with van der Waals surface area (Å²) in [5, 5.41) is 12.8. The average molecular weight is 193 g/mol. The van der Waals surface area contributed by atoms with Crippen molar-refractivity contribution < 1.29 is 9.94 Å². The molecule has 0 aromatic rings. The zero-order valence-corrected chi connectivity index (χ0v) is 8.15. The lowest BCUT2D eigenvalue weighted by Gasteiger charge is -2.35. The number of oxime groups is 1. The molecule has 1 aliphatic heterocycles. The molecule has 3 aliphatic carbocycles. The van der Waals surface area contributed by atoms with Gasteiger partial charge in [0, 0.05) is 11.3 Å². The van der Waals surface area contributed by atoms with Gasteiger partial charge in [-0.3, -0.25) is 0 Å². The van der Waals surface area contributed by atoms with Crippen molar-refractivity contribution in [1.82, 2.24) is 0 Å². The monoisotopic (exact) mass is 193 g/mol. The van der Waals surface area contributed by atoms with Crippen LogP contribution in [0, 0.1) is 17.3 Å². The van der Waals surface area contributed by atoms with Crippen molar-refractivity contribution in [2.45, 2.75) is 44.3 Å². The van der Waals surface area contributed by atoms with Crippen LogP contribution >= 0.6 is 0 Å². The van der Waals surface area contributed by atoms with Gasteiger partial charge in [0.05, 0.1) is 17.9 Å². The number of ether oxygens (including phenoxy) is 1. The summed E-state index contributed by atoms with van der Waals surface area (Å²) in [5.74, 6) is 1.40. The third-order valence-corrected chi connectivity index (χ3v) is 5.04. The Morgan fingerprint density at radius 3 is 2.79 bits per heavy atom. The molecule has 1 N–H and O–H groups in total. The summed E-state index contributed by atoms with van der Waals surface area (Å²) in [5.41, 5.74) is 1.40. The van der Waals surface area contributed by atoms with Gasteiger partial charge in [0.15, 0.2) is 0 Å². The van der Waals surface area contributed by atoms with Crippen molar-refractivity contribution in [3.8, 4) is 0 Å². The first-order chi connectivity index (χ1) is 6.83. The van der Waals surface area contributed by atoms with Crippen molar-refractivity contribution in [2.24, 2.45) is 22.4 Å². The second-order valence-electron chi connectivity index (χ2n) is 5.47. The molecular weight excluding hydrogens is 178 g/mol. The molecule has 3 nitrogen and oxygen atoms in total. The number of nitrogens with zero attached hydrogens (tertiary/aromatic N) is 1. The number of rotatable bonds is 0. The summed E-state index contributed by atoms with van der Waals surface area (Å²) < 4.78 is 5.50. The van der Waals surface area contributed by atoms with E-state index in [4.69, 9.17) is 9.94 Å². The van der Waals surface area contributed by atoms with Crippen molar-refractivity contribution >= 4 is 5.71 Å². The van der Waals surface area contributed by atoms with E-state index in [9.17, 15) is 0 Å². The van der Waals surface area contributed by atoms with Gasteiger partial charge in [-0.25, -0.2) is 0 Å². The van der Waals surface area contributed by atoms with Crippen LogP contribution in [0.25, 0.3) is 0 Å². The molecule has 0 aromatic heterocycles. The van der Waals surface area contributed by atoms with Gasteiger partial charge < -0.3 is 9.94 Å². The highest BCUT2D eigenvalue weighted by atomic mass is 16.6. The molecule has 4 aliphatic rings. The first-order valence-corrected chi connectivity index (χ1v) is 5.71. The van der Waals surface area contributed by atoms with Gasteiger partial charge in [0.1, 0.15) is 0 Å². The van der Waals surface area contributed by atoms with E-state index in [0.717, 1.165) is 24.5 Å². The fraction of sp³-hybridized carbons (Fsp3) is 0.909. The van der Waals surface area contributed by atoms with Gasteiger partial charge in [0.25, 0.3) is 0 Å². The van der Waals surface area contributed by atoms with E-state index >= 15 is 0 Å². The summed E-state index contributed by atoms with van der Waals surface area (Å²) in [6.45, 7) is 0. The number of fused-ring (bicyclic) bond motifs is 4. The van der Waals surface area contributed by atoms with Crippen molar-refractivity contribution in [3.63, 3.8) is 0 Å². The van der Waals surface area contributed by atoms with Crippen LogP contribution in [-0.4, -0.2) is 23.1 Å². The Hall–Kier alpha value is -0.570. The molecule has 0 amide bonds. The molecule has 0 aromatic carbocycles. The third kappa shape index (κ3) is 0.691. The molecular formula is C11H15NO2. The van der Waals surface area contributed by atoms with E-state index in [2.05, 4.69) is 5.16 Å². The van der Waals surface area contributed by atoms with Crippen LogP contribution in [0.1, 0.15) is 32.1 Å². The Kier molecular flexibility index (Phi) is 1.19. The summed E-state index contributed by atoms with van der Waals surface area (Å²) in [6.07, 6.45) is 7.16. The second-order valence-corrected chi connectivity index (χ2v) is 5.47. The van der Waals surface area contributed by atoms with Crippen molar-refractivity contribution in [2.75, 3.05) is 0 Å². The Morgan fingerprint density at radius 1 is 1.29 bits per heavy atom. The van der Waals surface area contributed by atoms with E-state index < -0.39 is 0 Å². The molecule has 4 fully saturated rings. The predicted octanol–water partition coefficient (Wildman–Crippen LogP) is 1.79. The van der Waals surface area contributed by atoms with Gasteiger partial charge in [-0.05, 0) is 38.0 Å². The van der Waals surface area contributed by atoms with Gasteiger partial charge in [-0.1, -0.05) is 5.16 Å². The van der Waals surface area contributed by atoms with E-state index in [1.807, 2.05) is 0 Å². The molecule has 4 unspecified atom stereocenters. The lowest BCUT2D eigenvalue weighted by Crippen LogP contribution is -2.36. The summed E-state index contributed by atoms with van der Waals surface area (Å²) in [6, 6.07) is 0. The normalized spacial score (nSPS) is 61.3. The summed E-state index contributed by atoms with van der Waals surface area (Å²) in [7, 11) is 0. The maximum absolute atomic E-state index is 9.16. The molecule has 2 bridgehead atoms. The summed E-state index contributed by atoms with van der Waals surface area (Å²) >= 11 is 0. The standard InChI is InChI=1S/C11H15NO2/c13-12-10-6-1-2-7(3-6)11(10)4-8-9(5-11)14-8/h6-9,13H,1-5H2. The molecule has 1 heterocycles. The molecule has 3 heteroatoms. The zero-order chi connectivity index (χ0) is 9.34. The van der Waals surface area contributed by atoms with Gasteiger partial charge >= 0.3 is 0 Å². The Labute approximate surface area is 83.1 Å². The highest BCUT2D eigenvalue weighted by Gasteiger charge is 2.66. The van der Waals surface area contributed by atoms with Crippen LogP contribution in [0.15, 0.2) is 5.16 Å². The maximum atomic E-state index is 9.16. The lowest BCUT2D eigenvalue weighted by molar-refractivity contribution is 0.173. The number of hydrogen-bond donors (Lipinski definition) is 1. The first kappa shape index (κ1) is 7.69. The number of epoxide rings is 1. The van der Waals surface area contributed by atoms with Crippen LogP contribution in [0.4, 0.5) is 0 Å². The minimum absolute atomic E-state index is 0.269. The zero-order valence-electron chi connectivity index (χ0n) is 8.15. The largest absolute Gasteiger partial charge is 0.411 e. The highest BCUT2D eigenvalue weighted by Crippen LogP contribution is 2.64. The van der Waals surface area contributed by atoms with Crippen LogP contribution in [0.2, 0.25) is 0 Å². The quantitative estimate of drug-likeness (QED) is 0.362. The van der Waals surface area contributed by atoms with Gasteiger partial charge in [-0.2, -0.15) is 0 Å². The fourth-order valence-corrected chi connectivity index (χ4v) is 4.41. The summed E-state index contributed by atoms with van der Waals surface area (Å²) in [4.78, 5) is 0. The second kappa shape index (κ2) is 2.16. The molecule has 3 saturated carbocycles. The maximum Gasteiger partial charge on any atom is 0.0851 e. The van der Waals surface area contributed by atoms with E-state index in [0.29, 0.717) is 18.1 Å². The third-order valence-electron chi connectivity index (χ3n) is 5.04. The topological polar surface area (TPSA) is 45.1 Å². The average Bonchev–Trinajstić information content (AvgIpc) is 2.65. The van der Waals surface area contributed by atoms with Crippen LogP contribution in [0.3, 0.4) is 0 Å². The molecule has 1 spiro atoms. The van der Waals surface area contributed by atoms with Crippen LogP contribution < -0.4 is 0 Å². The van der Waals surface area contributed by atoms with E-state index in [1.165, 1.54) is 19.3 Å². The highest BCUT2D eigenvalue weighted by molar-refractivity contribution is 5.95. The fourth-order valence-electron chi connectivity index (χ4n) is 4.41. The molecule has 0 radical (unpaired) electrons. The Balaban J connectivity index is 1.77. The van der Waals surface area contributed by atoms with Crippen LogP contribution in [0.5, 0.6) is 0 Å². The number of hydrogen-bond acceptors (Lipinski definition) is 3. The minimum Gasteiger partial charge on any atom is -0.411 e. The molecule has 1 saturated heterocycles. The van der Waals surface area contributed by atoms with Crippen molar-refractivity contribution in [3.05, 3.63) is 0 Å². The molecule has 14 heavy (non-hydrogen) atoms. The Bertz CT molecular complexity index is 315. The smallest absolute Gasteiger partial charge is 0.0851 e. The molecule has 4 rings (SSSR count). The van der Waals surface area contributed by atoms with Crippen molar-refractivity contribution in [1.29, 1.82) is 0 Å². The van der Waals surface area contributed by atoms with E-state index in [1.54, 1.807) is 0 Å². The lowest BCUT2D eigenvalue weighted by atomic mass is 9.70. The Morgan fingerprint density at radius 2 is 2.07 bits per heavy atom. The molecule has 76 valence electrons. The van der Waals surface area contributed by atoms with E-state index in [-0.39, 0.29) is 5.41 Å². The minimum atomic E-state index is 0.269. The van der Waals surface area contributed by atoms with Crippen LogP contribution in [-0.2, 0) is 4.74 Å². The first-order valence-electron chi connectivity index (χ1n) is 5.71. The van der Waals surface area contributed by atoms with Gasteiger partial charge in [-0.15, -0.1) is 0 Å². The molecule has 4 atom stereocenters. The predicted molar refractivity (Wildman–Crippen MR) is 50.4 cm³/mol. The van der Waals surface area contributed by atoms with Gasteiger partial charge in [0.2, 0.25) is 0 Å². The SMILES string of the molecule is ON=C1C2CCC(C2)C12CC1OC1C2.